The van der Waals surface area contributed by atoms with Crippen LogP contribution in [-0.4, -0.2) is 39.2 Å². The molecular weight excluding hydrogens is 350 g/mol. The number of aromatic amines is 1. The molecule has 2 amide bonds. The van der Waals surface area contributed by atoms with Gasteiger partial charge in [0.25, 0.3) is 0 Å². The number of H-pyrrole nitrogens is 1. The summed E-state index contributed by atoms with van der Waals surface area (Å²) in [6.07, 6.45) is 2.83. The summed E-state index contributed by atoms with van der Waals surface area (Å²) in [5.41, 5.74) is 3.23. The fraction of sp³-hybridized carbons (Fsp3) is 0.318. The zero-order valence-electron chi connectivity index (χ0n) is 16.1. The molecule has 2 heterocycles. The van der Waals surface area contributed by atoms with Crippen LogP contribution < -0.4 is 5.32 Å². The normalized spacial score (nSPS) is 16.8. The first-order valence-electron chi connectivity index (χ1n) is 9.75. The zero-order valence-corrected chi connectivity index (χ0v) is 16.1. The third kappa shape index (κ3) is 4.39. The molecule has 0 spiro atoms. The SMILES string of the molecule is Cc1nc(Cc2ccc(NC(=O)N3CCC[C@H](c4ccccc4)C3)cc2)n[nH]1. The van der Waals surface area contributed by atoms with Gasteiger partial charge >= 0.3 is 6.03 Å². The van der Waals surface area contributed by atoms with E-state index >= 15 is 0 Å². The molecule has 1 aliphatic heterocycles. The molecular formula is C22H25N5O. The number of aromatic nitrogens is 3. The number of piperidine rings is 1. The highest BCUT2D eigenvalue weighted by atomic mass is 16.2. The second kappa shape index (κ2) is 8.25. The van der Waals surface area contributed by atoms with Crippen molar-refractivity contribution in [2.75, 3.05) is 18.4 Å². The molecule has 1 fully saturated rings. The summed E-state index contributed by atoms with van der Waals surface area (Å²) in [4.78, 5) is 19.0. The van der Waals surface area contributed by atoms with Crippen molar-refractivity contribution in [2.24, 2.45) is 0 Å². The van der Waals surface area contributed by atoms with E-state index in [0.717, 1.165) is 48.8 Å². The number of carbonyl (C=O) groups is 1. The summed E-state index contributed by atoms with van der Waals surface area (Å²) in [6, 6.07) is 18.3. The monoisotopic (exact) mass is 375 g/mol. The molecule has 3 aromatic rings. The van der Waals surface area contributed by atoms with E-state index in [0.29, 0.717) is 12.3 Å². The van der Waals surface area contributed by atoms with E-state index in [-0.39, 0.29) is 6.03 Å². The molecule has 6 heteroatoms. The largest absolute Gasteiger partial charge is 0.324 e. The molecule has 2 N–H and O–H groups in total. The van der Waals surface area contributed by atoms with Gasteiger partial charge in [0, 0.05) is 31.1 Å². The molecule has 0 saturated carbocycles. The molecule has 2 aromatic carbocycles. The number of nitrogens with zero attached hydrogens (tertiary/aromatic N) is 3. The number of hydrogen-bond acceptors (Lipinski definition) is 3. The van der Waals surface area contributed by atoms with E-state index in [2.05, 4.69) is 44.8 Å². The third-order valence-electron chi connectivity index (χ3n) is 5.19. The van der Waals surface area contributed by atoms with Crippen LogP contribution in [0.4, 0.5) is 10.5 Å². The number of amides is 2. The molecule has 0 bridgehead atoms. The Kier molecular flexibility index (Phi) is 5.37. The smallest absolute Gasteiger partial charge is 0.321 e. The van der Waals surface area contributed by atoms with Crippen molar-refractivity contribution in [1.82, 2.24) is 20.1 Å². The highest BCUT2D eigenvalue weighted by molar-refractivity contribution is 5.89. The number of nitrogens with one attached hydrogen (secondary N) is 2. The number of hydrogen-bond donors (Lipinski definition) is 2. The van der Waals surface area contributed by atoms with E-state index in [1.807, 2.05) is 42.2 Å². The lowest BCUT2D eigenvalue weighted by molar-refractivity contribution is 0.193. The van der Waals surface area contributed by atoms with Crippen molar-refractivity contribution in [3.05, 3.63) is 77.4 Å². The summed E-state index contributed by atoms with van der Waals surface area (Å²) >= 11 is 0. The van der Waals surface area contributed by atoms with Crippen LogP contribution >= 0.6 is 0 Å². The molecule has 144 valence electrons. The van der Waals surface area contributed by atoms with Gasteiger partial charge in [-0.3, -0.25) is 5.10 Å². The van der Waals surface area contributed by atoms with Crippen LogP contribution in [-0.2, 0) is 6.42 Å². The number of likely N-dealkylation sites (tertiary alicyclic amines) is 1. The van der Waals surface area contributed by atoms with Crippen LogP contribution in [0.1, 0.15) is 41.5 Å². The van der Waals surface area contributed by atoms with Crippen LogP contribution in [0, 0.1) is 6.92 Å². The Morgan fingerprint density at radius 1 is 1.18 bits per heavy atom. The number of benzene rings is 2. The maximum atomic E-state index is 12.7. The Morgan fingerprint density at radius 2 is 1.96 bits per heavy atom. The number of urea groups is 1. The van der Waals surface area contributed by atoms with Crippen LogP contribution in [0.15, 0.2) is 54.6 Å². The van der Waals surface area contributed by atoms with Crippen LogP contribution in [0.3, 0.4) is 0 Å². The quantitative estimate of drug-likeness (QED) is 0.720. The molecule has 1 atom stereocenters. The van der Waals surface area contributed by atoms with E-state index < -0.39 is 0 Å². The molecule has 28 heavy (non-hydrogen) atoms. The molecule has 6 nitrogen and oxygen atoms in total. The number of aryl methyl sites for hydroxylation is 1. The summed E-state index contributed by atoms with van der Waals surface area (Å²) in [6.45, 7) is 3.45. The average Bonchev–Trinajstić information content (AvgIpc) is 3.15. The van der Waals surface area contributed by atoms with Gasteiger partial charge in [0.1, 0.15) is 5.82 Å². The number of rotatable bonds is 4. The second-order valence-electron chi connectivity index (χ2n) is 7.34. The Hall–Kier alpha value is -3.15. The van der Waals surface area contributed by atoms with E-state index in [4.69, 9.17) is 0 Å². The maximum absolute atomic E-state index is 12.7. The van der Waals surface area contributed by atoms with Gasteiger partial charge in [-0.05, 0) is 43.0 Å². The van der Waals surface area contributed by atoms with Crippen molar-refractivity contribution in [1.29, 1.82) is 0 Å². The lowest BCUT2D eigenvalue weighted by Crippen LogP contribution is -2.41. The minimum atomic E-state index is -0.0297. The lowest BCUT2D eigenvalue weighted by Gasteiger charge is -2.33. The van der Waals surface area contributed by atoms with Gasteiger partial charge in [0.2, 0.25) is 0 Å². The summed E-state index contributed by atoms with van der Waals surface area (Å²) in [5, 5.41) is 10.0. The summed E-state index contributed by atoms with van der Waals surface area (Å²) < 4.78 is 0. The van der Waals surface area contributed by atoms with Crippen molar-refractivity contribution < 1.29 is 4.79 Å². The first-order chi connectivity index (χ1) is 13.7. The Morgan fingerprint density at radius 3 is 2.68 bits per heavy atom. The van der Waals surface area contributed by atoms with Crippen LogP contribution in [0.2, 0.25) is 0 Å². The molecule has 4 rings (SSSR count). The van der Waals surface area contributed by atoms with Crippen molar-refractivity contribution in [2.45, 2.75) is 32.1 Å². The summed E-state index contributed by atoms with van der Waals surface area (Å²) in [7, 11) is 0. The average molecular weight is 375 g/mol. The highest BCUT2D eigenvalue weighted by Crippen LogP contribution is 2.27. The molecule has 0 aliphatic carbocycles. The molecule has 1 aromatic heterocycles. The van der Waals surface area contributed by atoms with Gasteiger partial charge in [0.15, 0.2) is 5.82 Å². The van der Waals surface area contributed by atoms with Crippen LogP contribution in [0.25, 0.3) is 0 Å². The Labute approximate surface area is 165 Å². The Balaban J connectivity index is 1.35. The number of anilines is 1. The predicted octanol–water partition coefficient (Wildman–Crippen LogP) is 4.12. The molecule has 0 unspecified atom stereocenters. The number of carbonyl (C=O) groups excluding carboxylic acids is 1. The van der Waals surface area contributed by atoms with Gasteiger partial charge in [-0.1, -0.05) is 42.5 Å². The summed E-state index contributed by atoms with van der Waals surface area (Å²) in [5.74, 6) is 2.00. The first kappa shape index (κ1) is 18.2. The third-order valence-corrected chi connectivity index (χ3v) is 5.19. The van der Waals surface area contributed by atoms with Crippen molar-refractivity contribution in [3.63, 3.8) is 0 Å². The van der Waals surface area contributed by atoms with Crippen molar-refractivity contribution in [3.8, 4) is 0 Å². The molecule has 1 saturated heterocycles. The van der Waals surface area contributed by atoms with Gasteiger partial charge in [0.05, 0.1) is 0 Å². The van der Waals surface area contributed by atoms with E-state index in [1.54, 1.807) is 0 Å². The fourth-order valence-electron chi connectivity index (χ4n) is 3.72. The minimum Gasteiger partial charge on any atom is -0.324 e. The lowest BCUT2D eigenvalue weighted by atomic mass is 9.91. The molecule has 0 radical (unpaired) electrons. The van der Waals surface area contributed by atoms with Gasteiger partial charge < -0.3 is 10.2 Å². The van der Waals surface area contributed by atoms with Gasteiger partial charge in [-0.2, -0.15) is 5.10 Å². The zero-order chi connectivity index (χ0) is 19.3. The van der Waals surface area contributed by atoms with Gasteiger partial charge in [-0.25, -0.2) is 9.78 Å². The topological polar surface area (TPSA) is 73.9 Å². The molecule has 1 aliphatic rings. The van der Waals surface area contributed by atoms with E-state index in [1.165, 1.54) is 5.56 Å². The first-order valence-corrected chi connectivity index (χ1v) is 9.75. The predicted molar refractivity (Wildman–Crippen MR) is 109 cm³/mol. The van der Waals surface area contributed by atoms with E-state index in [9.17, 15) is 4.79 Å². The van der Waals surface area contributed by atoms with Crippen molar-refractivity contribution >= 4 is 11.7 Å². The second-order valence-corrected chi connectivity index (χ2v) is 7.34. The fourth-order valence-corrected chi connectivity index (χ4v) is 3.72. The van der Waals surface area contributed by atoms with Crippen LogP contribution in [0.5, 0.6) is 0 Å². The highest BCUT2D eigenvalue weighted by Gasteiger charge is 2.24. The van der Waals surface area contributed by atoms with Gasteiger partial charge in [-0.15, -0.1) is 0 Å². The standard InChI is InChI=1S/C22H25N5O/c1-16-23-21(26-25-16)14-17-9-11-20(12-10-17)24-22(28)27-13-5-8-19(15-27)18-6-3-2-4-7-18/h2-4,6-7,9-12,19H,5,8,13-15H2,1H3,(H,24,28)(H,23,25,26)/t19-/m0/s1. The minimum absolute atomic E-state index is 0.0297. The maximum Gasteiger partial charge on any atom is 0.321 e. The Bertz CT molecular complexity index is 920.